The average molecular weight is 256 g/mol. The third-order valence-corrected chi connectivity index (χ3v) is 2.92. The molecular formula is C14H13FN4. The van der Waals surface area contributed by atoms with Crippen LogP contribution in [0.5, 0.6) is 0 Å². The highest BCUT2D eigenvalue weighted by molar-refractivity contribution is 5.48. The molecule has 0 fully saturated rings. The Morgan fingerprint density at radius 1 is 1.32 bits per heavy atom. The molecule has 0 aliphatic carbocycles. The minimum atomic E-state index is -0.359. The Balaban J connectivity index is 1.83. The Labute approximate surface area is 109 Å². The van der Waals surface area contributed by atoms with Crippen molar-refractivity contribution >= 4 is 11.5 Å². The van der Waals surface area contributed by atoms with E-state index >= 15 is 0 Å². The van der Waals surface area contributed by atoms with Crippen molar-refractivity contribution in [2.75, 3.05) is 5.32 Å². The lowest BCUT2D eigenvalue weighted by Gasteiger charge is -2.03. The molecule has 0 aliphatic rings. The molecule has 3 heterocycles. The van der Waals surface area contributed by atoms with Gasteiger partial charge in [-0.3, -0.25) is 0 Å². The second-order valence-electron chi connectivity index (χ2n) is 4.34. The van der Waals surface area contributed by atoms with Crippen molar-refractivity contribution < 1.29 is 4.39 Å². The maximum Gasteiger partial charge on any atom is 0.165 e. The minimum absolute atomic E-state index is 0.247. The highest BCUT2D eigenvalue weighted by atomic mass is 19.1. The number of hydrogen-bond acceptors (Lipinski definition) is 3. The van der Waals surface area contributed by atoms with Crippen molar-refractivity contribution in [1.29, 1.82) is 0 Å². The summed E-state index contributed by atoms with van der Waals surface area (Å²) in [5.74, 6) is -0.112. The van der Waals surface area contributed by atoms with E-state index in [-0.39, 0.29) is 11.6 Å². The molecule has 0 aromatic carbocycles. The number of nitrogens with one attached hydrogen (secondary N) is 1. The standard InChI is InChI=1S/C14H13FN4/c1-10-4-3-7-19-9-11(18-14(10)19)8-17-13-12(15)5-2-6-16-13/h2-7,9H,8H2,1H3,(H,16,17). The van der Waals surface area contributed by atoms with Crippen LogP contribution in [0.3, 0.4) is 0 Å². The first-order valence-corrected chi connectivity index (χ1v) is 6.01. The van der Waals surface area contributed by atoms with Gasteiger partial charge >= 0.3 is 0 Å². The van der Waals surface area contributed by atoms with Gasteiger partial charge in [0.2, 0.25) is 0 Å². The fourth-order valence-electron chi connectivity index (χ4n) is 1.98. The van der Waals surface area contributed by atoms with E-state index in [1.54, 1.807) is 12.3 Å². The molecule has 3 aromatic rings. The second kappa shape index (κ2) is 4.68. The summed E-state index contributed by atoms with van der Waals surface area (Å²) in [4.78, 5) is 8.45. The van der Waals surface area contributed by atoms with Gasteiger partial charge in [0.05, 0.1) is 12.2 Å². The summed E-state index contributed by atoms with van der Waals surface area (Å²) in [5, 5.41) is 2.95. The van der Waals surface area contributed by atoms with E-state index in [0.717, 1.165) is 16.9 Å². The third-order valence-electron chi connectivity index (χ3n) is 2.92. The van der Waals surface area contributed by atoms with Gasteiger partial charge in [0.25, 0.3) is 0 Å². The lowest BCUT2D eigenvalue weighted by Crippen LogP contribution is -2.03. The first kappa shape index (κ1) is 11.6. The molecule has 0 atom stereocenters. The minimum Gasteiger partial charge on any atom is -0.362 e. The zero-order chi connectivity index (χ0) is 13.2. The van der Waals surface area contributed by atoms with E-state index in [1.165, 1.54) is 6.07 Å². The number of imidazole rings is 1. The van der Waals surface area contributed by atoms with Crippen LogP contribution < -0.4 is 5.32 Å². The van der Waals surface area contributed by atoms with E-state index < -0.39 is 0 Å². The molecule has 0 amide bonds. The van der Waals surface area contributed by atoms with Gasteiger partial charge < -0.3 is 9.72 Å². The van der Waals surface area contributed by atoms with E-state index in [2.05, 4.69) is 15.3 Å². The Kier molecular flexibility index (Phi) is 2.87. The Morgan fingerprint density at radius 3 is 3.00 bits per heavy atom. The number of aromatic nitrogens is 3. The summed E-state index contributed by atoms with van der Waals surface area (Å²) in [5.41, 5.74) is 2.87. The third kappa shape index (κ3) is 2.27. The summed E-state index contributed by atoms with van der Waals surface area (Å²) in [6.45, 7) is 2.45. The molecule has 0 bridgehead atoms. The number of aryl methyl sites for hydroxylation is 1. The summed E-state index contributed by atoms with van der Waals surface area (Å²) in [6.07, 6.45) is 5.43. The van der Waals surface area contributed by atoms with Gasteiger partial charge in [-0.1, -0.05) is 6.07 Å². The maximum absolute atomic E-state index is 13.4. The Bertz CT molecular complexity index is 720. The molecule has 96 valence electrons. The smallest absolute Gasteiger partial charge is 0.165 e. The number of nitrogens with zero attached hydrogens (tertiary/aromatic N) is 3. The topological polar surface area (TPSA) is 42.2 Å². The molecule has 0 saturated heterocycles. The number of hydrogen-bond donors (Lipinski definition) is 1. The van der Waals surface area contributed by atoms with Crippen LogP contribution in [0.15, 0.2) is 42.9 Å². The van der Waals surface area contributed by atoms with Gasteiger partial charge in [0, 0.05) is 18.6 Å². The zero-order valence-corrected chi connectivity index (χ0v) is 10.5. The number of rotatable bonds is 3. The van der Waals surface area contributed by atoms with Crippen LogP contribution in [-0.4, -0.2) is 14.4 Å². The fraction of sp³-hybridized carbons (Fsp3) is 0.143. The first-order valence-electron chi connectivity index (χ1n) is 6.01. The van der Waals surface area contributed by atoms with Crippen molar-refractivity contribution in [3.63, 3.8) is 0 Å². The first-order chi connectivity index (χ1) is 9.24. The maximum atomic E-state index is 13.4. The lowest BCUT2D eigenvalue weighted by atomic mass is 10.3. The van der Waals surface area contributed by atoms with Crippen LogP contribution in [-0.2, 0) is 6.54 Å². The van der Waals surface area contributed by atoms with Gasteiger partial charge in [-0.2, -0.15) is 0 Å². The molecule has 5 heteroatoms. The molecule has 0 aliphatic heterocycles. The van der Waals surface area contributed by atoms with Crippen molar-refractivity contribution in [3.8, 4) is 0 Å². The molecule has 0 saturated carbocycles. The lowest BCUT2D eigenvalue weighted by molar-refractivity contribution is 0.624. The molecular weight excluding hydrogens is 243 g/mol. The highest BCUT2D eigenvalue weighted by Crippen LogP contribution is 2.13. The van der Waals surface area contributed by atoms with Crippen molar-refractivity contribution in [1.82, 2.24) is 14.4 Å². The number of anilines is 1. The second-order valence-corrected chi connectivity index (χ2v) is 4.34. The summed E-state index contributed by atoms with van der Waals surface area (Å²) >= 11 is 0. The van der Waals surface area contributed by atoms with Crippen LogP contribution in [0.1, 0.15) is 11.3 Å². The number of fused-ring (bicyclic) bond motifs is 1. The van der Waals surface area contributed by atoms with E-state index in [4.69, 9.17) is 0 Å². The zero-order valence-electron chi connectivity index (χ0n) is 10.5. The normalized spacial score (nSPS) is 10.8. The molecule has 3 aromatic heterocycles. The van der Waals surface area contributed by atoms with Crippen molar-refractivity contribution in [3.05, 3.63) is 59.9 Å². The predicted octanol–water partition coefficient (Wildman–Crippen LogP) is 2.79. The van der Waals surface area contributed by atoms with Gasteiger partial charge in [-0.05, 0) is 30.7 Å². The summed E-state index contributed by atoms with van der Waals surface area (Å²) in [6, 6.07) is 6.93. The summed E-state index contributed by atoms with van der Waals surface area (Å²) < 4.78 is 15.4. The Morgan fingerprint density at radius 2 is 2.21 bits per heavy atom. The van der Waals surface area contributed by atoms with Crippen LogP contribution in [0.2, 0.25) is 0 Å². The average Bonchev–Trinajstić information content (AvgIpc) is 2.82. The fourth-order valence-corrected chi connectivity index (χ4v) is 1.98. The number of pyridine rings is 2. The molecule has 19 heavy (non-hydrogen) atoms. The van der Waals surface area contributed by atoms with Crippen molar-refractivity contribution in [2.45, 2.75) is 13.5 Å². The molecule has 0 spiro atoms. The molecule has 0 radical (unpaired) electrons. The van der Waals surface area contributed by atoms with Gasteiger partial charge in [0.15, 0.2) is 11.6 Å². The predicted molar refractivity (Wildman–Crippen MR) is 71.5 cm³/mol. The van der Waals surface area contributed by atoms with Crippen LogP contribution in [0.4, 0.5) is 10.2 Å². The van der Waals surface area contributed by atoms with E-state index in [1.807, 2.05) is 35.9 Å². The SMILES string of the molecule is Cc1cccn2cc(CNc3ncccc3F)nc12. The quantitative estimate of drug-likeness (QED) is 0.783. The van der Waals surface area contributed by atoms with Crippen LogP contribution in [0.25, 0.3) is 5.65 Å². The van der Waals surface area contributed by atoms with Gasteiger partial charge in [-0.15, -0.1) is 0 Å². The molecule has 0 unspecified atom stereocenters. The number of halogens is 1. The monoisotopic (exact) mass is 256 g/mol. The highest BCUT2D eigenvalue weighted by Gasteiger charge is 2.05. The van der Waals surface area contributed by atoms with Crippen molar-refractivity contribution in [2.24, 2.45) is 0 Å². The summed E-state index contributed by atoms with van der Waals surface area (Å²) in [7, 11) is 0. The van der Waals surface area contributed by atoms with Gasteiger partial charge in [-0.25, -0.2) is 14.4 Å². The van der Waals surface area contributed by atoms with E-state index in [0.29, 0.717) is 6.54 Å². The van der Waals surface area contributed by atoms with Gasteiger partial charge in [0.1, 0.15) is 5.65 Å². The van der Waals surface area contributed by atoms with E-state index in [9.17, 15) is 4.39 Å². The van der Waals surface area contributed by atoms with Crippen LogP contribution in [0, 0.1) is 12.7 Å². The largest absolute Gasteiger partial charge is 0.362 e. The Hall–Kier alpha value is -2.43. The molecule has 1 N–H and O–H groups in total. The molecule has 3 rings (SSSR count). The van der Waals surface area contributed by atoms with Crippen LogP contribution >= 0.6 is 0 Å². The molecule has 4 nitrogen and oxygen atoms in total.